The lowest BCUT2D eigenvalue weighted by molar-refractivity contribution is -0.115. The van der Waals surface area contributed by atoms with Gasteiger partial charge in [0.05, 0.1) is 32.0 Å². The number of anilines is 2. The van der Waals surface area contributed by atoms with E-state index in [0.717, 1.165) is 5.56 Å². The number of methoxy groups -OCH3 is 2. The average molecular weight is 481 g/mol. The quantitative estimate of drug-likeness (QED) is 0.378. The summed E-state index contributed by atoms with van der Waals surface area (Å²) in [7, 11) is 3.18. The Hall–Kier alpha value is -3.76. The molecule has 0 unspecified atom stereocenters. The number of rotatable bonds is 8. The first-order valence-corrected chi connectivity index (χ1v) is 11.6. The van der Waals surface area contributed by atoms with E-state index in [2.05, 4.69) is 20.6 Å². The van der Waals surface area contributed by atoms with E-state index in [9.17, 15) is 9.59 Å². The lowest BCUT2D eigenvalue weighted by Crippen LogP contribution is -2.15. The van der Waals surface area contributed by atoms with Crippen molar-refractivity contribution in [1.82, 2.24) is 9.97 Å². The van der Waals surface area contributed by atoms with Crippen molar-refractivity contribution in [3.8, 4) is 22.8 Å². The second-order valence-electron chi connectivity index (χ2n) is 6.79. The number of nitrogens with one attached hydrogen (secondary N) is 2. The highest BCUT2D eigenvalue weighted by molar-refractivity contribution is 7.14. The number of amides is 2. The first-order valence-electron chi connectivity index (χ1n) is 9.84. The van der Waals surface area contributed by atoms with Crippen molar-refractivity contribution in [2.75, 3.05) is 24.9 Å². The second kappa shape index (κ2) is 10.2. The van der Waals surface area contributed by atoms with Crippen LogP contribution in [0.3, 0.4) is 0 Å². The lowest BCUT2D eigenvalue weighted by atomic mass is 10.1. The largest absolute Gasteiger partial charge is 0.497 e. The zero-order valence-electron chi connectivity index (χ0n) is 17.8. The molecule has 2 amide bonds. The van der Waals surface area contributed by atoms with E-state index in [0.29, 0.717) is 38.7 Å². The van der Waals surface area contributed by atoms with Gasteiger partial charge in [-0.2, -0.15) is 0 Å². The van der Waals surface area contributed by atoms with Crippen molar-refractivity contribution in [2.24, 2.45) is 0 Å². The molecule has 33 heavy (non-hydrogen) atoms. The van der Waals surface area contributed by atoms with E-state index >= 15 is 0 Å². The van der Waals surface area contributed by atoms with Gasteiger partial charge in [-0.1, -0.05) is 18.2 Å². The molecule has 0 aliphatic rings. The van der Waals surface area contributed by atoms with Crippen molar-refractivity contribution >= 4 is 44.8 Å². The van der Waals surface area contributed by atoms with Crippen LogP contribution < -0.4 is 20.1 Å². The topological polar surface area (TPSA) is 102 Å². The van der Waals surface area contributed by atoms with Crippen LogP contribution in [0.2, 0.25) is 0 Å². The normalized spacial score (nSPS) is 10.5. The summed E-state index contributed by atoms with van der Waals surface area (Å²) in [6.45, 7) is 0. The van der Waals surface area contributed by atoms with Crippen molar-refractivity contribution < 1.29 is 19.1 Å². The zero-order valence-corrected chi connectivity index (χ0v) is 19.5. The summed E-state index contributed by atoms with van der Waals surface area (Å²) in [4.78, 5) is 33.6. The maximum absolute atomic E-state index is 12.5. The van der Waals surface area contributed by atoms with Crippen molar-refractivity contribution in [3.05, 3.63) is 70.5 Å². The fourth-order valence-corrected chi connectivity index (χ4v) is 4.43. The van der Waals surface area contributed by atoms with Gasteiger partial charge in [0.2, 0.25) is 5.91 Å². The smallest absolute Gasteiger partial charge is 0.257 e. The average Bonchev–Trinajstić information content (AvgIpc) is 3.48. The molecule has 0 radical (unpaired) electrons. The molecule has 2 heterocycles. The number of hydrogen-bond acceptors (Lipinski definition) is 8. The third-order valence-electron chi connectivity index (χ3n) is 4.58. The van der Waals surface area contributed by atoms with Crippen molar-refractivity contribution in [3.63, 3.8) is 0 Å². The zero-order chi connectivity index (χ0) is 23.2. The molecule has 0 bridgehead atoms. The van der Waals surface area contributed by atoms with Crippen LogP contribution >= 0.6 is 22.7 Å². The van der Waals surface area contributed by atoms with Gasteiger partial charge in [-0.05, 0) is 30.3 Å². The molecule has 0 fully saturated rings. The number of nitrogens with zero attached hydrogens (tertiary/aromatic N) is 2. The number of hydrogen-bond donors (Lipinski definition) is 2. The lowest BCUT2D eigenvalue weighted by Gasteiger charge is -2.08. The van der Waals surface area contributed by atoms with Crippen molar-refractivity contribution in [2.45, 2.75) is 6.42 Å². The third-order valence-corrected chi connectivity index (χ3v) is 6.15. The molecule has 2 N–H and O–H groups in total. The van der Waals surface area contributed by atoms with Crippen LogP contribution in [-0.2, 0) is 11.2 Å². The number of benzene rings is 2. The Morgan fingerprint density at radius 1 is 0.909 bits per heavy atom. The molecule has 4 aromatic rings. The maximum Gasteiger partial charge on any atom is 0.257 e. The van der Waals surface area contributed by atoms with E-state index < -0.39 is 0 Å². The second-order valence-corrected chi connectivity index (χ2v) is 8.51. The molecule has 0 aliphatic heterocycles. The number of aromatic nitrogens is 2. The predicted molar refractivity (Wildman–Crippen MR) is 129 cm³/mol. The molecule has 2 aromatic carbocycles. The first-order chi connectivity index (χ1) is 16.1. The van der Waals surface area contributed by atoms with E-state index in [1.54, 1.807) is 43.9 Å². The molecule has 168 valence electrons. The highest BCUT2D eigenvalue weighted by atomic mass is 32.1. The molecule has 4 rings (SSSR count). The summed E-state index contributed by atoms with van der Waals surface area (Å²) < 4.78 is 10.7. The van der Waals surface area contributed by atoms with Gasteiger partial charge in [0.25, 0.3) is 5.91 Å². The molecule has 0 aliphatic carbocycles. The van der Waals surface area contributed by atoms with Crippen LogP contribution in [-0.4, -0.2) is 36.0 Å². The van der Waals surface area contributed by atoms with E-state index in [1.807, 2.05) is 29.6 Å². The summed E-state index contributed by atoms with van der Waals surface area (Å²) in [5.41, 5.74) is 2.55. The number of ether oxygens (including phenoxy) is 2. The minimum Gasteiger partial charge on any atom is -0.497 e. The van der Waals surface area contributed by atoms with E-state index in [-0.39, 0.29) is 18.2 Å². The number of carbonyl (C=O) groups is 2. The van der Waals surface area contributed by atoms with Crippen LogP contribution in [0.1, 0.15) is 16.1 Å². The molecule has 0 spiro atoms. The maximum atomic E-state index is 12.5. The van der Waals surface area contributed by atoms with Gasteiger partial charge in [0.15, 0.2) is 10.3 Å². The molecular weight excluding hydrogens is 460 g/mol. The SMILES string of the molecule is COc1ccc(OC)c(-c2csc(NC(=O)Cc3csc(NC(=O)c4ccccc4)n3)n2)c1. The summed E-state index contributed by atoms with van der Waals surface area (Å²) >= 11 is 2.58. The van der Waals surface area contributed by atoms with Gasteiger partial charge in [-0.3, -0.25) is 14.9 Å². The third kappa shape index (κ3) is 5.54. The first kappa shape index (κ1) is 22.4. The molecule has 8 nitrogen and oxygen atoms in total. The molecule has 10 heteroatoms. The molecular formula is C23H20N4O4S2. The standard InChI is InChI=1S/C23H20N4O4S2/c1-30-16-8-9-19(31-2)17(11-16)18-13-33-23(25-18)26-20(28)10-15-12-32-22(24-15)27-21(29)14-6-4-3-5-7-14/h3-9,11-13H,10H2,1-2H3,(H,24,27,29)(H,25,26,28). The fraction of sp³-hybridized carbons (Fsp3) is 0.130. The van der Waals surface area contributed by atoms with E-state index in [1.165, 1.54) is 22.7 Å². The summed E-state index contributed by atoms with van der Waals surface area (Å²) in [5, 5.41) is 10.0. The van der Waals surface area contributed by atoms with Gasteiger partial charge < -0.3 is 14.8 Å². The monoisotopic (exact) mass is 480 g/mol. The van der Waals surface area contributed by atoms with E-state index in [4.69, 9.17) is 9.47 Å². The Morgan fingerprint density at radius 3 is 2.42 bits per heavy atom. The molecule has 0 atom stereocenters. The van der Waals surface area contributed by atoms with Crippen LogP contribution in [0.25, 0.3) is 11.3 Å². The Kier molecular flexibility index (Phi) is 6.96. The molecule has 0 saturated carbocycles. The molecule has 0 saturated heterocycles. The fourth-order valence-electron chi connectivity index (χ4n) is 3.00. The Labute approximate surface area is 198 Å². The Morgan fingerprint density at radius 2 is 1.67 bits per heavy atom. The van der Waals surface area contributed by atoms with Gasteiger partial charge in [0, 0.05) is 21.9 Å². The number of thiazole rings is 2. The van der Waals surface area contributed by atoms with Crippen LogP contribution in [0.4, 0.5) is 10.3 Å². The number of carbonyl (C=O) groups excluding carboxylic acids is 2. The van der Waals surface area contributed by atoms with Crippen LogP contribution in [0.15, 0.2) is 59.3 Å². The minimum absolute atomic E-state index is 0.0646. The highest BCUT2D eigenvalue weighted by Crippen LogP contribution is 2.35. The van der Waals surface area contributed by atoms with Gasteiger partial charge >= 0.3 is 0 Å². The summed E-state index contributed by atoms with van der Waals surface area (Å²) in [5.74, 6) is 0.846. The Bertz CT molecular complexity index is 1270. The van der Waals surface area contributed by atoms with Gasteiger partial charge in [-0.25, -0.2) is 9.97 Å². The minimum atomic E-state index is -0.250. The predicted octanol–water partition coefficient (Wildman–Crippen LogP) is 4.72. The molecule has 2 aromatic heterocycles. The van der Waals surface area contributed by atoms with Crippen molar-refractivity contribution in [1.29, 1.82) is 0 Å². The summed E-state index contributed by atoms with van der Waals surface area (Å²) in [6.07, 6.45) is 0.0646. The van der Waals surface area contributed by atoms with Crippen LogP contribution in [0, 0.1) is 0 Å². The highest BCUT2D eigenvalue weighted by Gasteiger charge is 2.15. The van der Waals surface area contributed by atoms with Crippen LogP contribution in [0.5, 0.6) is 11.5 Å². The van der Waals surface area contributed by atoms with Gasteiger partial charge in [0.1, 0.15) is 11.5 Å². The summed E-state index contributed by atoms with van der Waals surface area (Å²) in [6, 6.07) is 14.3. The van der Waals surface area contributed by atoms with Gasteiger partial charge in [-0.15, -0.1) is 22.7 Å². The Balaban J connectivity index is 1.38.